The minimum Gasteiger partial charge on any atom is -0.333 e. The van der Waals surface area contributed by atoms with Crippen LogP contribution in [0.2, 0.25) is 0 Å². The molecule has 152 valence electrons. The summed E-state index contributed by atoms with van der Waals surface area (Å²) in [7, 11) is 0. The predicted octanol–water partition coefficient (Wildman–Crippen LogP) is 3.47. The largest absolute Gasteiger partial charge is 0.333 e. The molecule has 0 spiro atoms. The Morgan fingerprint density at radius 3 is 2.46 bits per heavy atom. The van der Waals surface area contributed by atoms with Crippen LogP contribution in [0.25, 0.3) is 10.9 Å². The lowest BCUT2D eigenvalue weighted by Gasteiger charge is -2.22. The fourth-order valence-electron chi connectivity index (χ4n) is 2.58. The van der Waals surface area contributed by atoms with Crippen LogP contribution in [0.4, 0.5) is 4.79 Å². The highest BCUT2D eigenvalue weighted by atomic mass is 32.2. The number of para-hydroxylation sites is 1. The van der Waals surface area contributed by atoms with E-state index in [4.69, 9.17) is 0 Å². The Bertz CT molecular complexity index is 933. The molecule has 1 aromatic heterocycles. The maximum absolute atomic E-state index is 13.0. The Labute approximate surface area is 169 Å². The molecule has 8 heteroatoms. The molecule has 2 aromatic rings. The lowest BCUT2D eigenvalue weighted by atomic mass is 10.1. The number of thioether (sulfide) groups is 1. The minimum absolute atomic E-state index is 0.0634. The van der Waals surface area contributed by atoms with Gasteiger partial charge in [-0.3, -0.25) is 19.5 Å². The third-order valence-electron chi connectivity index (χ3n) is 4.18. The van der Waals surface area contributed by atoms with Gasteiger partial charge >= 0.3 is 6.03 Å². The SMILES string of the molecule is CC[C@H](C)n1c(S[C@@H](C)C(=O)NC(=O)NC(C)(C)C)nc2ccccc2c1=O. The molecule has 2 N–H and O–H groups in total. The zero-order valence-corrected chi connectivity index (χ0v) is 18.0. The quantitative estimate of drug-likeness (QED) is 0.588. The first-order valence-corrected chi connectivity index (χ1v) is 10.2. The summed E-state index contributed by atoms with van der Waals surface area (Å²) in [6, 6.07) is 6.56. The predicted molar refractivity (Wildman–Crippen MR) is 113 cm³/mol. The number of hydrogen-bond acceptors (Lipinski definition) is 5. The van der Waals surface area contributed by atoms with Crippen LogP contribution in [-0.4, -0.2) is 32.3 Å². The monoisotopic (exact) mass is 404 g/mol. The molecule has 0 saturated heterocycles. The number of nitrogens with one attached hydrogen (secondary N) is 2. The zero-order valence-electron chi connectivity index (χ0n) is 17.2. The summed E-state index contributed by atoms with van der Waals surface area (Å²) in [4.78, 5) is 42.0. The second-order valence-electron chi connectivity index (χ2n) is 7.80. The molecule has 0 unspecified atom stereocenters. The third kappa shape index (κ3) is 5.34. The van der Waals surface area contributed by atoms with Gasteiger partial charge in [0.05, 0.1) is 16.2 Å². The van der Waals surface area contributed by atoms with E-state index in [1.54, 1.807) is 23.6 Å². The number of rotatable bonds is 5. The molecule has 0 aliphatic rings. The number of nitrogens with zero attached hydrogens (tertiary/aromatic N) is 2. The molecule has 0 aliphatic heterocycles. The van der Waals surface area contributed by atoms with Crippen LogP contribution in [0, 0.1) is 0 Å². The summed E-state index contributed by atoms with van der Waals surface area (Å²) in [5.41, 5.74) is 0.0192. The molecule has 28 heavy (non-hydrogen) atoms. The van der Waals surface area contributed by atoms with Gasteiger partial charge in [-0.2, -0.15) is 0 Å². The first-order chi connectivity index (χ1) is 13.0. The zero-order chi connectivity index (χ0) is 21.1. The topological polar surface area (TPSA) is 93.1 Å². The lowest BCUT2D eigenvalue weighted by Crippen LogP contribution is -2.49. The Balaban J connectivity index is 2.30. The first-order valence-electron chi connectivity index (χ1n) is 9.34. The Hall–Kier alpha value is -2.35. The summed E-state index contributed by atoms with van der Waals surface area (Å²) in [5, 5.41) is 5.45. The molecule has 1 heterocycles. The van der Waals surface area contributed by atoms with Crippen molar-refractivity contribution in [2.45, 2.75) is 70.0 Å². The van der Waals surface area contributed by atoms with Crippen LogP contribution >= 0.6 is 11.8 Å². The Morgan fingerprint density at radius 1 is 1.21 bits per heavy atom. The van der Waals surface area contributed by atoms with Gasteiger partial charge in [0.1, 0.15) is 0 Å². The van der Waals surface area contributed by atoms with Crippen molar-refractivity contribution < 1.29 is 9.59 Å². The van der Waals surface area contributed by atoms with Gasteiger partial charge in [0.15, 0.2) is 5.16 Å². The van der Waals surface area contributed by atoms with Gasteiger partial charge < -0.3 is 5.32 Å². The van der Waals surface area contributed by atoms with Gasteiger partial charge in [-0.05, 0) is 53.2 Å². The second kappa shape index (κ2) is 8.77. The summed E-state index contributed by atoms with van der Waals surface area (Å²) < 4.78 is 1.63. The number of carbonyl (C=O) groups excluding carboxylic acids is 2. The number of carbonyl (C=O) groups is 2. The summed E-state index contributed by atoms with van der Waals surface area (Å²) in [6.07, 6.45) is 0.752. The van der Waals surface area contributed by atoms with Crippen molar-refractivity contribution in [1.29, 1.82) is 0 Å². The molecule has 0 fully saturated rings. The van der Waals surface area contributed by atoms with E-state index in [0.29, 0.717) is 16.1 Å². The molecule has 2 rings (SSSR count). The van der Waals surface area contributed by atoms with Crippen LogP contribution in [0.1, 0.15) is 54.0 Å². The normalized spacial score (nSPS) is 13.8. The summed E-state index contributed by atoms with van der Waals surface area (Å²) in [5.74, 6) is -0.440. The van der Waals surface area contributed by atoms with Crippen LogP contribution in [-0.2, 0) is 4.79 Å². The highest BCUT2D eigenvalue weighted by Crippen LogP contribution is 2.25. The lowest BCUT2D eigenvalue weighted by molar-refractivity contribution is -0.119. The van der Waals surface area contributed by atoms with Crippen LogP contribution < -0.4 is 16.2 Å². The molecule has 1 aromatic carbocycles. The van der Waals surface area contributed by atoms with Crippen molar-refractivity contribution in [3.63, 3.8) is 0 Å². The highest BCUT2D eigenvalue weighted by molar-refractivity contribution is 8.00. The summed E-state index contributed by atoms with van der Waals surface area (Å²) >= 11 is 1.17. The molecular formula is C20H28N4O3S. The van der Waals surface area contributed by atoms with E-state index in [-0.39, 0.29) is 11.6 Å². The Kier molecular flexibility index (Phi) is 6.87. The van der Waals surface area contributed by atoms with Crippen molar-refractivity contribution in [3.8, 4) is 0 Å². The van der Waals surface area contributed by atoms with E-state index in [1.807, 2.05) is 46.8 Å². The fourth-order valence-corrected chi connectivity index (χ4v) is 3.59. The second-order valence-corrected chi connectivity index (χ2v) is 9.11. The van der Waals surface area contributed by atoms with E-state index in [1.165, 1.54) is 11.8 Å². The average molecular weight is 405 g/mol. The van der Waals surface area contributed by atoms with Gasteiger partial charge in [0.2, 0.25) is 5.91 Å². The molecule has 7 nitrogen and oxygen atoms in total. The molecule has 0 radical (unpaired) electrons. The van der Waals surface area contributed by atoms with E-state index in [0.717, 1.165) is 6.42 Å². The van der Waals surface area contributed by atoms with Gasteiger partial charge in [-0.1, -0.05) is 30.8 Å². The standard InChI is InChI=1S/C20H28N4O3S/c1-7-12(2)24-17(26)14-10-8-9-11-15(14)21-19(24)28-13(3)16(25)22-18(27)23-20(4,5)6/h8-13H,7H2,1-6H3,(H2,22,23,25,27)/t12-,13-/m0/s1. The van der Waals surface area contributed by atoms with Gasteiger partial charge in [0.25, 0.3) is 5.56 Å². The maximum atomic E-state index is 13.0. The van der Waals surface area contributed by atoms with E-state index in [2.05, 4.69) is 15.6 Å². The number of hydrogen-bond donors (Lipinski definition) is 2. The summed E-state index contributed by atoms with van der Waals surface area (Å²) in [6.45, 7) is 11.1. The molecule has 0 aliphatic carbocycles. The molecular weight excluding hydrogens is 376 g/mol. The smallest absolute Gasteiger partial charge is 0.321 e. The molecule has 0 saturated carbocycles. The number of benzene rings is 1. The highest BCUT2D eigenvalue weighted by Gasteiger charge is 2.23. The number of imide groups is 1. The van der Waals surface area contributed by atoms with E-state index >= 15 is 0 Å². The van der Waals surface area contributed by atoms with E-state index < -0.39 is 22.7 Å². The number of amides is 3. The van der Waals surface area contributed by atoms with Crippen molar-refractivity contribution in [1.82, 2.24) is 20.2 Å². The van der Waals surface area contributed by atoms with Crippen LogP contribution in [0.5, 0.6) is 0 Å². The number of fused-ring (bicyclic) bond motifs is 1. The molecule has 3 amide bonds. The van der Waals surface area contributed by atoms with E-state index in [9.17, 15) is 14.4 Å². The average Bonchev–Trinajstić information content (AvgIpc) is 2.59. The Morgan fingerprint density at radius 2 is 1.86 bits per heavy atom. The fraction of sp³-hybridized carbons (Fsp3) is 0.500. The van der Waals surface area contributed by atoms with Crippen molar-refractivity contribution in [2.24, 2.45) is 0 Å². The van der Waals surface area contributed by atoms with Gasteiger partial charge in [0, 0.05) is 11.6 Å². The van der Waals surface area contributed by atoms with Crippen LogP contribution in [0.15, 0.2) is 34.2 Å². The van der Waals surface area contributed by atoms with Gasteiger partial charge in [-0.15, -0.1) is 0 Å². The van der Waals surface area contributed by atoms with Crippen molar-refractivity contribution in [3.05, 3.63) is 34.6 Å². The number of urea groups is 1. The van der Waals surface area contributed by atoms with Crippen molar-refractivity contribution in [2.75, 3.05) is 0 Å². The molecule has 0 bridgehead atoms. The van der Waals surface area contributed by atoms with Gasteiger partial charge in [-0.25, -0.2) is 9.78 Å². The first kappa shape index (κ1) is 21.9. The third-order valence-corrected chi connectivity index (χ3v) is 5.25. The number of aromatic nitrogens is 2. The minimum atomic E-state index is -0.603. The maximum Gasteiger partial charge on any atom is 0.321 e. The van der Waals surface area contributed by atoms with Crippen LogP contribution in [0.3, 0.4) is 0 Å². The van der Waals surface area contributed by atoms with Crippen molar-refractivity contribution >= 4 is 34.6 Å². The molecule has 2 atom stereocenters.